The Balaban J connectivity index is 1.58. The maximum Gasteiger partial charge on any atom is 0.254 e. The smallest absolute Gasteiger partial charge is 0.254 e. The van der Waals surface area contributed by atoms with Gasteiger partial charge in [0.05, 0.1) is 5.56 Å². The Morgan fingerprint density at radius 1 is 1.18 bits per heavy atom. The van der Waals surface area contributed by atoms with Gasteiger partial charge in [0.15, 0.2) is 0 Å². The second-order valence-corrected chi connectivity index (χ2v) is 6.31. The molecule has 2 heterocycles. The van der Waals surface area contributed by atoms with Crippen molar-refractivity contribution in [3.05, 3.63) is 51.7 Å². The fourth-order valence-electron chi connectivity index (χ4n) is 2.50. The lowest BCUT2D eigenvalue weighted by Crippen LogP contribution is -2.42. The lowest BCUT2D eigenvalue weighted by Gasteiger charge is -2.32. The molecule has 3 rings (SSSR count). The van der Waals surface area contributed by atoms with Gasteiger partial charge >= 0.3 is 0 Å². The fourth-order valence-corrected chi connectivity index (χ4v) is 3.12. The topological polar surface area (TPSA) is 55.3 Å². The van der Waals surface area contributed by atoms with Crippen molar-refractivity contribution < 1.29 is 9.53 Å². The SMILES string of the molecule is O=C(c1ccccc1I)N1CCC(Oc2cccnn2)CC1. The molecule has 1 aromatic heterocycles. The molecular formula is C16H16IN3O2. The molecule has 0 bridgehead atoms. The van der Waals surface area contributed by atoms with Crippen molar-refractivity contribution in [2.45, 2.75) is 18.9 Å². The van der Waals surface area contributed by atoms with Crippen LogP contribution < -0.4 is 4.74 Å². The molecule has 0 N–H and O–H groups in total. The minimum atomic E-state index is 0.0931. The number of nitrogens with zero attached hydrogens (tertiary/aromatic N) is 3. The number of aromatic nitrogens is 2. The van der Waals surface area contributed by atoms with Crippen LogP contribution in [0, 0.1) is 3.57 Å². The van der Waals surface area contributed by atoms with E-state index in [4.69, 9.17) is 4.74 Å². The monoisotopic (exact) mass is 409 g/mol. The Kier molecular flexibility index (Phi) is 4.87. The minimum absolute atomic E-state index is 0.0931. The molecule has 0 atom stereocenters. The van der Waals surface area contributed by atoms with Crippen LogP contribution in [-0.2, 0) is 0 Å². The molecule has 2 aromatic rings. The van der Waals surface area contributed by atoms with Crippen LogP contribution in [0.1, 0.15) is 23.2 Å². The van der Waals surface area contributed by atoms with Crippen molar-refractivity contribution in [1.82, 2.24) is 15.1 Å². The first-order chi connectivity index (χ1) is 10.7. The number of carbonyl (C=O) groups excluding carboxylic acids is 1. The van der Waals surface area contributed by atoms with Crippen molar-refractivity contribution in [3.8, 4) is 5.88 Å². The van der Waals surface area contributed by atoms with Gasteiger partial charge in [-0.1, -0.05) is 12.1 Å². The Morgan fingerprint density at radius 2 is 1.95 bits per heavy atom. The molecule has 22 heavy (non-hydrogen) atoms. The summed E-state index contributed by atoms with van der Waals surface area (Å²) in [5, 5.41) is 7.73. The van der Waals surface area contributed by atoms with Gasteiger partial charge in [-0.3, -0.25) is 4.79 Å². The van der Waals surface area contributed by atoms with Gasteiger partial charge in [0, 0.05) is 41.8 Å². The number of halogens is 1. The normalized spacial score (nSPS) is 15.6. The van der Waals surface area contributed by atoms with Crippen LogP contribution in [0.15, 0.2) is 42.6 Å². The molecule has 1 aliphatic heterocycles. The number of carbonyl (C=O) groups is 1. The number of rotatable bonds is 3. The molecule has 6 heteroatoms. The number of likely N-dealkylation sites (tertiary alicyclic amines) is 1. The maximum absolute atomic E-state index is 12.5. The van der Waals surface area contributed by atoms with Crippen LogP contribution in [-0.4, -0.2) is 40.2 Å². The maximum atomic E-state index is 12.5. The summed E-state index contributed by atoms with van der Waals surface area (Å²) in [6.45, 7) is 1.41. The van der Waals surface area contributed by atoms with Crippen molar-refractivity contribution in [3.63, 3.8) is 0 Å². The van der Waals surface area contributed by atoms with Gasteiger partial charge in [-0.25, -0.2) is 0 Å². The number of amides is 1. The van der Waals surface area contributed by atoms with E-state index in [1.807, 2.05) is 29.2 Å². The standard InChI is InChI=1S/C16H16IN3O2/c17-14-5-2-1-4-13(14)16(21)20-10-7-12(8-11-20)22-15-6-3-9-18-19-15/h1-6,9,12H,7-8,10-11H2. The number of ether oxygens (including phenoxy) is 1. The third-order valence-corrected chi connectivity index (χ3v) is 4.61. The molecule has 114 valence electrons. The van der Waals surface area contributed by atoms with Crippen molar-refractivity contribution >= 4 is 28.5 Å². The number of hydrogen-bond acceptors (Lipinski definition) is 4. The molecule has 0 radical (unpaired) electrons. The van der Waals surface area contributed by atoms with Crippen LogP contribution in [0.3, 0.4) is 0 Å². The molecular weight excluding hydrogens is 393 g/mol. The molecule has 0 unspecified atom stereocenters. The average molecular weight is 409 g/mol. The quantitative estimate of drug-likeness (QED) is 0.732. The summed E-state index contributed by atoms with van der Waals surface area (Å²) in [5.41, 5.74) is 0.774. The van der Waals surface area contributed by atoms with E-state index in [0.717, 1.165) is 22.0 Å². The van der Waals surface area contributed by atoms with E-state index >= 15 is 0 Å². The number of benzene rings is 1. The van der Waals surface area contributed by atoms with Crippen molar-refractivity contribution in [1.29, 1.82) is 0 Å². The molecule has 1 saturated heterocycles. The number of hydrogen-bond donors (Lipinski definition) is 0. The van der Waals surface area contributed by atoms with E-state index in [2.05, 4.69) is 32.8 Å². The van der Waals surface area contributed by atoms with Crippen molar-refractivity contribution in [2.75, 3.05) is 13.1 Å². The van der Waals surface area contributed by atoms with Crippen LogP contribution in [0.5, 0.6) is 5.88 Å². The molecule has 0 aliphatic carbocycles. The molecule has 0 saturated carbocycles. The van der Waals surface area contributed by atoms with E-state index in [9.17, 15) is 4.79 Å². The summed E-state index contributed by atoms with van der Waals surface area (Å²) < 4.78 is 6.79. The highest BCUT2D eigenvalue weighted by molar-refractivity contribution is 14.1. The zero-order chi connectivity index (χ0) is 15.4. The summed E-state index contributed by atoms with van der Waals surface area (Å²) in [6.07, 6.45) is 3.34. The highest BCUT2D eigenvalue weighted by Gasteiger charge is 2.25. The molecule has 1 amide bonds. The third-order valence-electron chi connectivity index (χ3n) is 3.67. The minimum Gasteiger partial charge on any atom is -0.473 e. The number of piperidine rings is 1. The Hall–Kier alpha value is -1.70. The second-order valence-electron chi connectivity index (χ2n) is 5.15. The highest BCUT2D eigenvalue weighted by Crippen LogP contribution is 2.20. The summed E-state index contributed by atoms with van der Waals surface area (Å²) in [6, 6.07) is 11.3. The van der Waals surface area contributed by atoms with E-state index in [1.165, 1.54) is 0 Å². The lowest BCUT2D eigenvalue weighted by atomic mass is 10.1. The lowest BCUT2D eigenvalue weighted by molar-refractivity contribution is 0.0585. The average Bonchev–Trinajstić information content (AvgIpc) is 2.56. The Morgan fingerprint density at radius 3 is 2.64 bits per heavy atom. The van der Waals surface area contributed by atoms with E-state index in [1.54, 1.807) is 18.3 Å². The van der Waals surface area contributed by atoms with Gasteiger partial charge in [-0.2, -0.15) is 5.10 Å². The summed E-state index contributed by atoms with van der Waals surface area (Å²) in [4.78, 5) is 14.4. The predicted molar refractivity (Wildman–Crippen MR) is 90.7 cm³/mol. The summed E-state index contributed by atoms with van der Waals surface area (Å²) in [7, 11) is 0. The predicted octanol–water partition coefficient (Wildman–Crippen LogP) is 2.76. The van der Waals surface area contributed by atoms with Gasteiger partial charge in [0.1, 0.15) is 6.10 Å². The highest BCUT2D eigenvalue weighted by atomic mass is 127. The zero-order valence-corrected chi connectivity index (χ0v) is 14.1. The summed E-state index contributed by atoms with van der Waals surface area (Å²) >= 11 is 2.20. The van der Waals surface area contributed by atoms with E-state index in [-0.39, 0.29) is 12.0 Å². The fraction of sp³-hybridized carbons (Fsp3) is 0.312. The van der Waals surface area contributed by atoms with Crippen LogP contribution >= 0.6 is 22.6 Å². The molecule has 1 aromatic carbocycles. The molecule has 1 aliphatic rings. The van der Waals surface area contributed by atoms with E-state index < -0.39 is 0 Å². The largest absolute Gasteiger partial charge is 0.473 e. The van der Waals surface area contributed by atoms with Crippen LogP contribution in [0.25, 0.3) is 0 Å². The van der Waals surface area contributed by atoms with Gasteiger partial charge < -0.3 is 9.64 Å². The Labute approximate surface area is 142 Å². The van der Waals surface area contributed by atoms with E-state index in [0.29, 0.717) is 19.0 Å². The van der Waals surface area contributed by atoms with Gasteiger partial charge in [-0.05, 0) is 40.8 Å². The first kappa shape index (κ1) is 15.2. The van der Waals surface area contributed by atoms with Crippen LogP contribution in [0.2, 0.25) is 0 Å². The van der Waals surface area contributed by atoms with Crippen molar-refractivity contribution in [2.24, 2.45) is 0 Å². The molecule has 0 spiro atoms. The third kappa shape index (κ3) is 3.55. The van der Waals surface area contributed by atoms with Gasteiger partial charge in [-0.15, -0.1) is 5.10 Å². The summed E-state index contributed by atoms with van der Waals surface area (Å²) in [5.74, 6) is 0.646. The second kappa shape index (κ2) is 7.04. The molecule has 1 fully saturated rings. The van der Waals surface area contributed by atoms with Crippen LogP contribution in [0.4, 0.5) is 0 Å². The zero-order valence-electron chi connectivity index (χ0n) is 12.0. The Bertz CT molecular complexity index is 643. The van der Waals surface area contributed by atoms with Gasteiger partial charge in [0.2, 0.25) is 5.88 Å². The first-order valence-corrected chi connectivity index (χ1v) is 8.30. The molecule has 5 nitrogen and oxygen atoms in total. The van der Waals surface area contributed by atoms with Gasteiger partial charge in [0.25, 0.3) is 5.91 Å². The first-order valence-electron chi connectivity index (χ1n) is 7.22.